The predicted octanol–water partition coefficient (Wildman–Crippen LogP) is 6.04. The maximum Gasteiger partial charge on any atom is 0.417 e. The van der Waals surface area contributed by atoms with Crippen LogP contribution in [-0.4, -0.2) is 42.1 Å². The van der Waals surface area contributed by atoms with Crippen LogP contribution in [0.15, 0.2) is 48.5 Å². The van der Waals surface area contributed by atoms with Crippen LogP contribution in [0.2, 0.25) is 5.02 Å². The number of ether oxygens (including phenoxy) is 1. The molecule has 6 nitrogen and oxygen atoms in total. The Kier molecular flexibility index (Phi) is 7.89. The molecule has 0 radical (unpaired) electrons. The molecule has 0 spiro atoms. The smallest absolute Gasteiger partial charge is 0.372 e. The zero-order valence-corrected chi connectivity index (χ0v) is 19.6. The van der Waals surface area contributed by atoms with Gasteiger partial charge in [-0.1, -0.05) is 23.7 Å². The molecule has 2 aromatic carbocycles. The van der Waals surface area contributed by atoms with Crippen molar-refractivity contribution in [3.63, 3.8) is 0 Å². The van der Waals surface area contributed by atoms with Gasteiger partial charge >= 0.3 is 12.2 Å². The summed E-state index contributed by atoms with van der Waals surface area (Å²) in [6.07, 6.45) is -3.11. The summed E-state index contributed by atoms with van der Waals surface area (Å²) in [4.78, 5) is 26.6. The number of morpholine rings is 1. The predicted molar refractivity (Wildman–Crippen MR) is 126 cm³/mol. The number of nitrogens with zero attached hydrogens (tertiary/aromatic N) is 1. The van der Waals surface area contributed by atoms with Crippen molar-refractivity contribution < 1.29 is 27.5 Å². The second-order valence-corrected chi connectivity index (χ2v) is 8.58. The zero-order valence-electron chi connectivity index (χ0n) is 18.9. The fourth-order valence-electron chi connectivity index (χ4n) is 3.65. The maximum absolute atomic E-state index is 13.0. The van der Waals surface area contributed by atoms with E-state index in [2.05, 4.69) is 10.6 Å². The molecular formula is C24H25ClF3N3O3. The molecular weight excluding hydrogens is 471 g/mol. The number of carbonyl (C=O) groups excluding carboxylic acids is 2. The number of alkyl halides is 3. The first-order valence-corrected chi connectivity index (χ1v) is 11.0. The molecule has 0 aliphatic carbocycles. The molecule has 182 valence electrons. The number of rotatable bonds is 4. The van der Waals surface area contributed by atoms with Crippen molar-refractivity contribution in [1.29, 1.82) is 0 Å². The Labute approximate surface area is 200 Å². The molecule has 2 N–H and O–H groups in total. The van der Waals surface area contributed by atoms with Crippen molar-refractivity contribution in [3.8, 4) is 0 Å². The minimum atomic E-state index is -4.63. The minimum absolute atomic E-state index is 0.0224. The number of hydrogen-bond donors (Lipinski definition) is 2. The van der Waals surface area contributed by atoms with Crippen LogP contribution in [0.4, 0.5) is 29.3 Å². The molecule has 2 unspecified atom stereocenters. The topological polar surface area (TPSA) is 70.7 Å². The first-order valence-electron chi connectivity index (χ1n) is 10.6. The highest BCUT2D eigenvalue weighted by molar-refractivity contribution is 6.31. The van der Waals surface area contributed by atoms with Gasteiger partial charge in [-0.15, -0.1) is 0 Å². The number of halogens is 4. The van der Waals surface area contributed by atoms with Crippen molar-refractivity contribution in [2.75, 3.05) is 23.7 Å². The molecule has 1 saturated heterocycles. The third kappa shape index (κ3) is 6.74. The standard InChI is InChI=1S/C24H25ClF3N3O3/c1-14(10-22(32)31-12-15(2)34-16(3)13-31)17-4-6-18(7-5-17)29-23(33)30-19-8-9-21(25)20(11-19)24(26,27)28/h4-11,15-16H,12-13H2,1-3H3,(H2,29,30,33)/b14-10+. The van der Waals surface area contributed by atoms with Crippen molar-refractivity contribution in [2.45, 2.75) is 39.2 Å². The SMILES string of the molecule is C/C(=C\C(=O)N1CC(C)OC(C)C1)c1ccc(NC(=O)Nc2ccc(Cl)c(C(F)(F)F)c2)cc1. The summed E-state index contributed by atoms with van der Waals surface area (Å²) in [7, 11) is 0. The van der Waals surface area contributed by atoms with Gasteiger partial charge in [-0.3, -0.25) is 4.79 Å². The van der Waals surface area contributed by atoms with E-state index in [4.69, 9.17) is 16.3 Å². The summed E-state index contributed by atoms with van der Waals surface area (Å²) in [5.41, 5.74) is 0.903. The summed E-state index contributed by atoms with van der Waals surface area (Å²) >= 11 is 5.59. The van der Waals surface area contributed by atoms with Crippen LogP contribution in [0, 0.1) is 0 Å². The molecule has 0 saturated carbocycles. The van der Waals surface area contributed by atoms with Crippen LogP contribution in [0.1, 0.15) is 31.9 Å². The van der Waals surface area contributed by atoms with E-state index in [0.717, 1.165) is 23.3 Å². The largest absolute Gasteiger partial charge is 0.417 e. The average molecular weight is 496 g/mol. The van der Waals surface area contributed by atoms with E-state index in [0.29, 0.717) is 18.8 Å². The summed E-state index contributed by atoms with van der Waals surface area (Å²) < 4.78 is 44.6. The van der Waals surface area contributed by atoms with Gasteiger partial charge in [-0.2, -0.15) is 13.2 Å². The normalized spacial score (nSPS) is 19.0. The number of amides is 3. The fourth-order valence-corrected chi connectivity index (χ4v) is 3.87. The highest BCUT2D eigenvalue weighted by Crippen LogP contribution is 2.36. The van der Waals surface area contributed by atoms with E-state index in [1.807, 2.05) is 20.8 Å². The van der Waals surface area contributed by atoms with Crippen LogP contribution >= 0.6 is 11.6 Å². The lowest BCUT2D eigenvalue weighted by Gasteiger charge is -2.34. The van der Waals surface area contributed by atoms with Crippen molar-refractivity contribution in [3.05, 3.63) is 64.7 Å². The number of benzene rings is 2. The lowest BCUT2D eigenvalue weighted by atomic mass is 10.1. The molecule has 1 aliphatic rings. The maximum atomic E-state index is 13.0. The molecule has 1 heterocycles. The second-order valence-electron chi connectivity index (χ2n) is 8.18. The van der Waals surface area contributed by atoms with Gasteiger partial charge in [0, 0.05) is 30.5 Å². The van der Waals surface area contributed by atoms with Gasteiger partial charge in [0.1, 0.15) is 0 Å². The second kappa shape index (κ2) is 10.5. The molecule has 34 heavy (non-hydrogen) atoms. The van der Waals surface area contributed by atoms with Gasteiger partial charge in [0.25, 0.3) is 0 Å². The van der Waals surface area contributed by atoms with Crippen LogP contribution in [0.5, 0.6) is 0 Å². The van der Waals surface area contributed by atoms with Crippen LogP contribution in [-0.2, 0) is 15.7 Å². The number of urea groups is 1. The Hall–Kier alpha value is -3.04. The van der Waals surface area contributed by atoms with Gasteiger partial charge in [0.15, 0.2) is 0 Å². The summed E-state index contributed by atoms with van der Waals surface area (Å²) in [6, 6.07) is 9.17. The highest BCUT2D eigenvalue weighted by atomic mass is 35.5. The number of hydrogen-bond acceptors (Lipinski definition) is 3. The lowest BCUT2D eigenvalue weighted by molar-refractivity contribution is -0.138. The molecule has 0 bridgehead atoms. The zero-order chi connectivity index (χ0) is 25.0. The molecule has 10 heteroatoms. The summed E-state index contributed by atoms with van der Waals surface area (Å²) in [5.74, 6) is -0.0951. The van der Waals surface area contributed by atoms with Gasteiger partial charge in [0.2, 0.25) is 5.91 Å². The molecule has 3 amide bonds. The Bertz CT molecular complexity index is 1080. The Morgan fingerprint density at radius 2 is 1.59 bits per heavy atom. The highest BCUT2D eigenvalue weighted by Gasteiger charge is 2.33. The third-order valence-corrected chi connectivity index (χ3v) is 5.53. The van der Waals surface area contributed by atoms with E-state index in [1.165, 1.54) is 6.07 Å². The quantitative estimate of drug-likeness (QED) is 0.508. The number of carbonyl (C=O) groups is 2. The van der Waals surface area contributed by atoms with E-state index >= 15 is 0 Å². The summed E-state index contributed by atoms with van der Waals surface area (Å²) in [5, 5.41) is 4.46. The average Bonchev–Trinajstić information content (AvgIpc) is 2.74. The Balaban J connectivity index is 1.61. The first kappa shape index (κ1) is 25.6. The Morgan fingerprint density at radius 3 is 2.18 bits per heavy atom. The molecule has 1 fully saturated rings. The molecule has 3 rings (SSSR count). The van der Waals surface area contributed by atoms with E-state index < -0.39 is 22.8 Å². The molecule has 0 aromatic heterocycles. The minimum Gasteiger partial charge on any atom is -0.372 e. The van der Waals surface area contributed by atoms with Crippen molar-refractivity contribution in [2.24, 2.45) is 0 Å². The monoisotopic (exact) mass is 495 g/mol. The Morgan fingerprint density at radius 1 is 1.03 bits per heavy atom. The summed E-state index contributed by atoms with van der Waals surface area (Å²) in [6.45, 7) is 6.73. The van der Waals surface area contributed by atoms with Gasteiger partial charge < -0.3 is 20.3 Å². The first-order chi connectivity index (χ1) is 15.9. The fraction of sp³-hybridized carbons (Fsp3) is 0.333. The number of nitrogens with one attached hydrogen (secondary N) is 2. The van der Waals surface area contributed by atoms with Gasteiger partial charge in [-0.05, 0) is 62.2 Å². The van der Waals surface area contributed by atoms with Crippen molar-refractivity contribution >= 4 is 40.5 Å². The van der Waals surface area contributed by atoms with Crippen LogP contribution in [0.25, 0.3) is 5.57 Å². The van der Waals surface area contributed by atoms with E-state index in [-0.39, 0.29) is 23.8 Å². The van der Waals surface area contributed by atoms with Crippen LogP contribution < -0.4 is 10.6 Å². The third-order valence-electron chi connectivity index (χ3n) is 5.20. The van der Waals surface area contributed by atoms with E-state index in [1.54, 1.807) is 35.2 Å². The van der Waals surface area contributed by atoms with Gasteiger partial charge in [-0.25, -0.2) is 4.79 Å². The van der Waals surface area contributed by atoms with Gasteiger partial charge in [0.05, 0.1) is 22.8 Å². The molecule has 2 aromatic rings. The van der Waals surface area contributed by atoms with E-state index in [9.17, 15) is 22.8 Å². The number of allylic oxidation sites excluding steroid dienone is 1. The lowest BCUT2D eigenvalue weighted by Crippen LogP contribution is -2.47. The molecule has 2 atom stereocenters. The van der Waals surface area contributed by atoms with Crippen molar-refractivity contribution in [1.82, 2.24) is 4.90 Å². The molecule has 1 aliphatic heterocycles. The number of anilines is 2. The van der Waals surface area contributed by atoms with Crippen LogP contribution in [0.3, 0.4) is 0 Å².